The number of nitrogens with one attached hydrogen (secondary N) is 2. The molecule has 1 aromatic carbocycles. The molecule has 1 amide bonds. The predicted molar refractivity (Wildman–Crippen MR) is 104 cm³/mol. The van der Waals surface area contributed by atoms with Gasteiger partial charge in [-0.05, 0) is 62.4 Å². The highest BCUT2D eigenvalue weighted by Crippen LogP contribution is 2.24. The number of benzene rings is 1. The molecule has 1 aliphatic carbocycles. The molecule has 2 unspecified atom stereocenters. The van der Waals surface area contributed by atoms with E-state index in [1.165, 1.54) is 25.7 Å². The molecule has 0 bridgehead atoms. The Balaban J connectivity index is 1.48. The van der Waals surface area contributed by atoms with E-state index in [9.17, 15) is 9.00 Å². The largest absolute Gasteiger partial charge is 0.326 e. The lowest BCUT2D eigenvalue weighted by Crippen LogP contribution is -2.20. The third-order valence-corrected chi connectivity index (χ3v) is 7.22. The van der Waals surface area contributed by atoms with Crippen LogP contribution in [-0.4, -0.2) is 28.5 Å². The summed E-state index contributed by atoms with van der Waals surface area (Å²) in [6.07, 6.45) is 8.60. The lowest BCUT2D eigenvalue weighted by molar-refractivity contribution is -0.116. The quantitative estimate of drug-likeness (QED) is 0.779. The highest BCUT2D eigenvalue weighted by atomic mass is 32.2. The zero-order valence-corrected chi connectivity index (χ0v) is 15.8. The van der Waals surface area contributed by atoms with Gasteiger partial charge in [0.05, 0.1) is 0 Å². The van der Waals surface area contributed by atoms with Crippen molar-refractivity contribution in [2.75, 3.05) is 18.4 Å². The van der Waals surface area contributed by atoms with E-state index in [1.54, 1.807) is 0 Å². The van der Waals surface area contributed by atoms with Crippen LogP contribution in [0.1, 0.15) is 56.9 Å². The SMILES string of the molecule is O=C(CCC1CCNC1)Nc1cccc(CS(=O)C2CCCCC2)c1. The van der Waals surface area contributed by atoms with Gasteiger partial charge >= 0.3 is 0 Å². The number of rotatable bonds is 7. The van der Waals surface area contributed by atoms with E-state index in [0.29, 0.717) is 23.3 Å². The summed E-state index contributed by atoms with van der Waals surface area (Å²) in [6, 6.07) is 7.86. The molecule has 138 valence electrons. The van der Waals surface area contributed by atoms with E-state index in [4.69, 9.17) is 0 Å². The molecular formula is C20H30N2O2S. The Morgan fingerprint density at radius 1 is 1.20 bits per heavy atom. The molecule has 2 N–H and O–H groups in total. The summed E-state index contributed by atoms with van der Waals surface area (Å²) in [6.45, 7) is 2.11. The predicted octanol–water partition coefficient (Wildman–Crippen LogP) is 3.60. The summed E-state index contributed by atoms with van der Waals surface area (Å²) in [5, 5.41) is 6.69. The van der Waals surface area contributed by atoms with Crippen molar-refractivity contribution in [1.29, 1.82) is 0 Å². The maximum absolute atomic E-state index is 12.6. The van der Waals surface area contributed by atoms with E-state index in [1.807, 2.05) is 24.3 Å². The number of amides is 1. The van der Waals surface area contributed by atoms with Crippen LogP contribution in [0, 0.1) is 5.92 Å². The summed E-state index contributed by atoms with van der Waals surface area (Å²) < 4.78 is 12.6. The molecule has 1 saturated heterocycles. The van der Waals surface area contributed by atoms with E-state index < -0.39 is 10.8 Å². The molecule has 1 aromatic rings. The third-order valence-electron chi connectivity index (χ3n) is 5.39. The molecule has 1 aliphatic heterocycles. The smallest absolute Gasteiger partial charge is 0.224 e. The fourth-order valence-electron chi connectivity index (χ4n) is 3.87. The molecule has 2 aliphatic rings. The Morgan fingerprint density at radius 2 is 2.04 bits per heavy atom. The van der Waals surface area contributed by atoms with Crippen LogP contribution in [-0.2, 0) is 21.3 Å². The van der Waals surface area contributed by atoms with Gasteiger partial charge in [0.2, 0.25) is 5.91 Å². The van der Waals surface area contributed by atoms with Gasteiger partial charge in [0.25, 0.3) is 0 Å². The Hall–Kier alpha value is -1.20. The first-order chi connectivity index (χ1) is 12.2. The van der Waals surface area contributed by atoms with Crippen molar-refractivity contribution in [3.8, 4) is 0 Å². The highest BCUT2D eigenvalue weighted by Gasteiger charge is 2.20. The van der Waals surface area contributed by atoms with Crippen molar-refractivity contribution in [3.05, 3.63) is 29.8 Å². The molecule has 2 atom stereocenters. The Kier molecular flexibility index (Phi) is 7.05. The average molecular weight is 363 g/mol. The van der Waals surface area contributed by atoms with Crippen molar-refractivity contribution < 1.29 is 9.00 Å². The van der Waals surface area contributed by atoms with Crippen LogP contribution in [0.5, 0.6) is 0 Å². The van der Waals surface area contributed by atoms with Crippen molar-refractivity contribution in [2.24, 2.45) is 5.92 Å². The van der Waals surface area contributed by atoms with Crippen molar-refractivity contribution in [2.45, 2.75) is 62.4 Å². The van der Waals surface area contributed by atoms with Gasteiger partial charge < -0.3 is 10.6 Å². The topological polar surface area (TPSA) is 58.2 Å². The van der Waals surface area contributed by atoms with Gasteiger partial charge in [-0.1, -0.05) is 31.4 Å². The minimum Gasteiger partial charge on any atom is -0.326 e. The van der Waals surface area contributed by atoms with Crippen LogP contribution in [0.2, 0.25) is 0 Å². The van der Waals surface area contributed by atoms with Gasteiger partial charge in [-0.25, -0.2) is 0 Å². The van der Waals surface area contributed by atoms with Crippen LogP contribution in [0.3, 0.4) is 0 Å². The number of hydrogen-bond acceptors (Lipinski definition) is 3. The van der Waals surface area contributed by atoms with E-state index in [-0.39, 0.29) is 5.91 Å². The molecule has 0 radical (unpaired) electrons. The average Bonchev–Trinajstić information content (AvgIpc) is 3.15. The van der Waals surface area contributed by atoms with E-state index in [2.05, 4.69) is 10.6 Å². The zero-order valence-electron chi connectivity index (χ0n) is 15.0. The molecule has 25 heavy (non-hydrogen) atoms. The van der Waals surface area contributed by atoms with Crippen LogP contribution >= 0.6 is 0 Å². The minimum atomic E-state index is -0.803. The standard InChI is InChI=1S/C20H30N2O2S/c23-20(10-9-16-11-12-21-14-16)22-18-6-4-5-17(13-18)15-25(24)19-7-2-1-3-8-19/h4-6,13,16,19,21H,1-3,7-12,14-15H2,(H,22,23). The van der Waals surface area contributed by atoms with Crippen molar-refractivity contribution >= 4 is 22.4 Å². The zero-order chi connectivity index (χ0) is 17.5. The van der Waals surface area contributed by atoms with Crippen LogP contribution in [0.4, 0.5) is 5.69 Å². The lowest BCUT2D eigenvalue weighted by Gasteiger charge is -2.21. The Morgan fingerprint density at radius 3 is 2.80 bits per heavy atom. The first kappa shape index (κ1) is 18.6. The number of anilines is 1. The third kappa shape index (κ3) is 5.93. The number of hydrogen-bond donors (Lipinski definition) is 2. The molecule has 0 aromatic heterocycles. The molecular weight excluding hydrogens is 332 g/mol. The fourth-order valence-corrected chi connectivity index (χ4v) is 5.47. The number of carbonyl (C=O) groups excluding carboxylic acids is 1. The number of carbonyl (C=O) groups is 1. The van der Waals surface area contributed by atoms with E-state index in [0.717, 1.165) is 43.6 Å². The first-order valence-corrected chi connectivity index (χ1v) is 11.1. The maximum Gasteiger partial charge on any atom is 0.224 e. The lowest BCUT2D eigenvalue weighted by atomic mass is 10.0. The van der Waals surface area contributed by atoms with Crippen LogP contribution in [0.25, 0.3) is 0 Å². The molecule has 1 heterocycles. The Bertz CT molecular complexity index is 593. The molecule has 2 fully saturated rings. The molecule has 1 saturated carbocycles. The summed E-state index contributed by atoms with van der Waals surface area (Å²) in [5.41, 5.74) is 1.88. The highest BCUT2D eigenvalue weighted by molar-refractivity contribution is 7.84. The normalized spacial score (nSPS) is 22.6. The maximum atomic E-state index is 12.6. The summed E-state index contributed by atoms with van der Waals surface area (Å²) in [4.78, 5) is 12.2. The monoisotopic (exact) mass is 362 g/mol. The fraction of sp³-hybridized carbons (Fsp3) is 0.650. The van der Waals surface area contributed by atoms with Gasteiger partial charge in [-0.2, -0.15) is 0 Å². The summed E-state index contributed by atoms with van der Waals surface area (Å²) in [7, 11) is -0.803. The second-order valence-electron chi connectivity index (χ2n) is 7.43. The van der Waals surface area contributed by atoms with Gasteiger partial charge in [0.1, 0.15) is 0 Å². The minimum absolute atomic E-state index is 0.0810. The second-order valence-corrected chi connectivity index (χ2v) is 9.15. The molecule has 0 spiro atoms. The summed E-state index contributed by atoms with van der Waals surface area (Å²) >= 11 is 0. The molecule has 4 nitrogen and oxygen atoms in total. The van der Waals surface area contributed by atoms with E-state index >= 15 is 0 Å². The Labute approximate surface area is 153 Å². The van der Waals surface area contributed by atoms with Crippen LogP contribution in [0.15, 0.2) is 24.3 Å². The van der Waals surface area contributed by atoms with Crippen molar-refractivity contribution in [1.82, 2.24) is 5.32 Å². The van der Waals surface area contributed by atoms with Gasteiger partial charge in [-0.15, -0.1) is 0 Å². The van der Waals surface area contributed by atoms with Gasteiger partial charge in [0, 0.05) is 33.9 Å². The van der Waals surface area contributed by atoms with Crippen molar-refractivity contribution in [3.63, 3.8) is 0 Å². The molecule has 3 rings (SSSR count). The van der Waals surface area contributed by atoms with Crippen LogP contribution < -0.4 is 10.6 Å². The van der Waals surface area contributed by atoms with Gasteiger partial charge in [0.15, 0.2) is 0 Å². The summed E-state index contributed by atoms with van der Waals surface area (Å²) in [5.74, 6) is 1.31. The molecule has 5 heteroatoms. The van der Waals surface area contributed by atoms with Gasteiger partial charge in [-0.3, -0.25) is 9.00 Å². The second kappa shape index (κ2) is 9.48. The first-order valence-electron chi connectivity index (χ1n) is 9.67.